The van der Waals surface area contributed by atoms with Crippen LogP contribution in [0.3, 0.4) is 0 Å². The minimum atomic E-state index is -0.477. The van der Waals surface area contributed by atoms with Gasteiger partial charge in [0.2, 0.25) is 0 Å². The Morgan fingerprint density at radius 1 is 1.04 bits per heavy atom. The summed E-state index contributed by atoms with van der Waals surface area (Å²) >= 11 is 0. The number of ether oxygens (including phenoxy) is 1. The summed E-state index contributed by atoms with van der Waals surface area (Å²) in [4.78, 5) is 26.7. The smallest absolute Gasteiger partial charge is 0.275 e. The van der Waals surface area contributed by atoms with Crippen LogP contribution >= 0.6 is 0 Å². The summed E-state index contributed by atoms with van der Waals surface area (Å²) in [5.41, 5.74) is 6.26. The van der Waals surface area contributed by atoms with Crippen molar-refractivity contribution in [3.05, 3.63) is 64.2 Å². The third kappa shape index (κ3) is 4.98. The zero-order valence-electron chi connectivity index (χ0n) is 17.8. The van der Waals surface area contributed by atoms with E-state index < -0.39 is 11.4 Å². The predicted molar refractivity (Wildman–Crippen MR) is 112 cm³/mol. The normalized spacial score (nSPS) is 11.2. The molecule has 5 heteroatoms. The first kappa shape index (κ1) is 21.6. The van der Waals surface area contributed by atoms with Gasteiger partial charge in [-0.25, -0.2) is 10.4 Å². The number of methoxy groups -OCH3 is 1. The van der Waals surface area contributed by atoms with Gasteiger partial charge in [0.05, 0.1) is 7.11 Å². The van der Waals surface area contributed by atoms with Crippen LogP contribution < -0.4 is 10.2 Å². The maximum absolute atomic E-state index is 13.4. The van der Waals surface area contributed by atoms with Crippen molar-refractivity contribution in [2.75, 3.05) is 7.11 Å². The summed E-state index contributed by atoms with van der Waals surface area (Å²) in [6, 6.07) is 10.9. The second-order valence-corrected chi connectivity index (χ2v) is 8.02. The topological polar surface area (TPSA) is 58.6 Å². The Kier molecular flexibility index (Phi) is 6.62. The SMILES string of the molecule is CCc1c(OC)cccc1C(=O)N(NC(C)(C)C)C(=O)c1cc(C)cc(C)c1. The lowest BCUT2D eigenvalue weighted by Crippen LogP contribution is -2.55. The van der Waals surface area contributed by atoms with E-state index in [1.54, 1.807) is 31.4 Å². The number of nitrogens with zero attached hydrogens (tertiary/aromatic N) is 1. The predicted octanol–water partition coefficient (Wildman–Crippen LogP) is 4.46. The molecule has 2 aromatic rings. The lowest BCUT2D eigenvalue weighted by Gasteiger charge is -2.31. The molecule has 0 radical (unpaired) electrons. The van der Waals surface area contributed by atoms with E-state index in [1.165, 1.54) is 0 Å². The number of hydrazine groups is 1. The van der Waals surface area contributed by atoms with Crippen molar-refractivity contribution in [2.24, 2.45) is 0 Å². The van der Waals surface area contributed by atoms with Gasteiger partial charge in [-0.2, -0.15) is 0 Å². The first-order valence-electron chi connectivity index (χ1n) is 9.48. The van der Waals surface area contributed by atoms with E-state index in [1.807, 2.05) is 53.7 Å². The number of nitrogens with one attached hydrogen (secondary N) is 1. The van der Waals surface area contributed by atoms with Crippen molar-refractivity contribution < 1.29 is 14.3 Å². The van der Waals surface area contributed by atoms with E-state index in [2.05, 4.69) is 5.43 Å². The van der Waals surface area contributed by atoms with Crippen molar-refractivity contribution >= 4 is 11.8 Å². The first-order chi connectivity index (χ1) is 13.1. The molecule has 0 saturated carbocycles. The third-order valence-corrected chi connectivity index (χ3v) is 4.26. The zero-order valence-corrected chi connectivity index (χ0v) is 17.8. The Morgan fingerprint density at radius 3 is 2.14 bits per heavy atom. The lowest BCUT2D eigenvalue weighted by molar-refractivity contribution is 0.0451. The Bertz CT molecular complexity index is 862. The van der Waals surface area contributed by atoms with E-state index in [9.17, 15) is 9.59 Å². The Balaban J connectivity index is 2.55. The average molecular weight is 383 g/mol. The van der Waals surface area contributed by atoms with Crippen LogP contribution in [0.5, 0.6) is 5.75 Å². The van der Waals surface area contributed by atoms with E-state index in [0.29, 0.717) is 23.3 Å². The number of aryl methyl sites for hydroxylation is 2. The number of hydrogen-bond acceptors (Lipinski definition) is 4. The molecular formula is C23H30N2O3. The fraction of sp³-hybridized carbons (Fsp3) is 0.391. The van der Waals surface area contributed by atoms with Crippen molar-refractivity contribution in [2.45, 2.75) is 53.5 Å². The van der Waals surface area contributed by atoms with E-state index >= 15 is 0 Å². The summed E-state index contributed by atoms with van der Waals surface area (Å²) < 4.78 is 5.41. The first-order valence-corrected chi connectivity index (χ1v) is 9.48. The molecule has 0 heterocycles. The van der Waals surface area contributed by atoms with Crippen LogP contribution in [-0.4, -0.2) is 29.5 Å². The largest absolute Gasteiger partial charge is 0.496 e. The molecule has 0 fully saturated rings. The zero-order chi connectivity index (χ0) is 21.1. The molecule has 2 amide bonds. The van der Waals surface area contributed by atoms with E-state index in [-0.39, 0.29) is 5.91 Å². The number of carbonyl (C=O) groups is 2. The van der Waals surface area contributed by atoms with Gasteiger partial charge in [0.1, 0.15) is 5.75 Å². The van der Waals surface area contributed by atoms with Crippen LogP contribution in [0, 0.1) is 13.8 Å². The maximum Gasteiger partial charge on any atom is 0.275 e. The molecule has 0 aliphatic heterocycles. The van der Waals surface area contributed by atoms with Gasteiger partial charge in [-0.05, 0) is 65.3 Å². The highest BCUT2D eigenvalue weighted by Crippen LogP contribution is 2.25. The third-order valence-electron chi connectivity index (χ3n) is 4.26. The second kappa shape index (κ2) is 8.57. The van der Waals surface area contributed by atoms with Crippen LogP contribution in [0.15, 0.2) is 36.4 Å². The quantitative estimate of drug-likeness (QED) is 0.613. The molecule has 2 rings (SSSR count). The molecule has 0 unspecified atom stereocenters. The molecule has 0 aliphatic carbocycles. The summed E-state index contributed by atoms with van der Waals surface area (Å²) in [5.74, 6) is -0.130. The number of benzene rings is 2. The van der Waals surface area contributed by atoms with Crippen LogP contribution in [0.2, 0.25) is 0 Å². The summed E-state index contributed by atoms with van der Waals surface area (Å²) in [6.07, 6.45) is 0.617. The monoisotopic (exact) mass is 382 g/mol. The maximum atomic E-state index is 13.4. The van der Waals surface area contributed by atoms with Gasteiger partial charge in [0.15, 0.2) is 0 Å². The number of amides is 2. The Labute approximate surface area is 167 Å². The van der Waals surface area contributed by atoms with Gasteiger partial charge in [-0.3, -0.25) is 9.59 Å². The van der Waals surface area contributed by atoms with Gasteiger partial charge >= 0.3 is 0 Å². The van der Waals surface area contributed by atoms with Gasteiger partial charge in [0, 0.05) is 22.2 Å². The number of hydrogen-bond donors (Lipinski definition) is 1. The Morgan fingerprint density at radius 2 is 1.64 bits per heavy atom. The van der Waals surface area contributed by atoms with Gasteiger partial charge in [-0.1, -0.05) is 30.2 Å². The van der Waals surface area contributed by atoms with Gasteiger partial charge in [-0.15, -0.1) is 0 Å². The highest BCUT2D eigenvalue weighted by molar-refractivity contribution is 6.10. The molecule has 0 bridgehead atoms. The summed E-state index contributed by atoms with van der Waals surface area (Å²) in [6.45, 7) is 11.6. The van der Waals surface area contributed by atoms with Crippen molar-refractivity contribution in [1.82, 2.24) is 10.4 Å². The van der Waals surface area contributed by atoms with E-state index in [0.717, 1.165) is 21.7 Å². The molecule has 0 atom stereocenters. The summed E-state index contributed by atoms with van der Waals surface area (Å²) in [5, 5.41) is 1.13. The fourth-order valence-electron chi connectivity index (χ4n) is 3.20. The van der Waals surface area contributed by atoms with Gasteiger partial charge in [0.25, 0.3) is 11.8 Å². The molecular weight excluding hydrogens is 352 g/mol. The minimum Gasteiger partial charge on any atom is -0.496 e. The molecule has 28 heavy (non-hydrogen) atoms. The van der Waals surface area contributed by atoms with Gasteiger partial charge < -0.3 is 4.74 Å². The lowest BCUT2D eigenvalue weighted by atomic mass is 10.0. The molecule has 0 aliphatic rings. The highest BCUT2D eigenvalue weighted by Gasteiger charge is 2.30. The molecule has 0 spiro atoms. The van der Waals surface area contributed by atoms with Crippen molar-refractivity contribution in [1.29, 1.82) is 0 Å². The van der Waals surface area contributed by atoms with Crippen LogP contribution in [-0.2, 0) is 6.42 Å². The highest BCUT2D eigenvalue weighted by atomic mass is 16.5. The number of rotatable bonds is 5. The standard InChI is InChI=1S/C23H30N2O3/c1-8-18-19(10-9-11-20(18)28-7)22(27)25(24-23(4,5)6)21(26)17-13-15(2)12-16(3)14-17/h9-14,24H,8H2,1-7H3. The molecule has 1 N–H and O–H groups in total. The van der Waals surface area contributed by atoms with Crippen molar-refractivity contribution in [3.63, 3.8) is 0 Å². The van der Waals surface area contributed by atoms with Crippen LogP contribution in [0.4, 0.5) is 0 Å². The second-order valence-electron chi connectivity index (χ2n) is 8.02. The summed E-state index contributed by atoms with van der Waals surface area (Å²) in [7, 11) is 1.58. The van der Waals surface area contributed by atoms with Crippen molar-refractivity contribution in [3.8, 4) is 5.75 Å². The molecule has 150 valence electrons. The van der Waals surface area contributed by atoms with E-state index in [4.69, 9.17) is 4.74 Å². The number of imide groups is 1. The van der Waals surface area contributed by atoms with Crippen LogP contribution in [0.25, 0.3) is 0 Å². The molecule has 5 nitrogen and oxygen atoms in total. The molecule has 0 aromatic heterocycles. The van der Waals surface area contributed by atoms with Crippen LogP contribution in [0.1, 0.15) is 65.1 Å². The average Bonchev–Trinajstić information content (AvgIpc) is 2.62. The number of carbonyl (C=O) groups excluding carboxylic acids is 2. The molecule has 0 saturated heterocycles. The molecule has 2 aromatic carbocycles. The Hall–Kier alpha value is -2.66. The fourth-order valence-corrected chi connectivity index (χ4v) is 3.20. The minimum absolute atomic E-state index is 0.378.